The summed E-state index contributed by atoms with van der Waals surface area (Å²) in [7, 11) is -3.91. The van der Waals surface area contributed by atoms with E-state index in [0.29, 0.717) is 5.75 Å². The van der Waals surface area contributed by atoms with E-state index in [1.807, 2.05) is 36.4 Å². The second kappa shape index (κ2) is 7.56. The normalized spacial score (nSPS) is 14.6. The molecule has 8 heteroatoms. The lowest BCUT2D eigenvalue weighted by atomic mass is 10.1. The van der Waals surface area contributed by atoms with Crippen LogP contribution in [0, 0.1) is 0 Å². The summed E-state index contributed by atoms with van der Waals surface area (Å²) in [5.74, 6) is -0.753. The van der Waals surface area contributed by atoms with E-state index in [4.69, 9.17) is 9.47 Å². The lowest BCUT2D eigenvalue weighted by Gasteiger charge is -2.15. The molecule has 1 amide bonds. The summed E-state index contributed by atoms with van der Waals surface area (Å²) in [4.78, 5) is 24.2. The van der Waals surface area contributed by atoms with Gasteiger partial charge in [-0.25, -0.2) is 17.5 Å². The van der Waals surface area contributed by atoms with Gasteiger partial charge in [-0.05, 0) is 35.0 Å². The second-order valence-electron chi connectivity index (χ2n) is 6.40. The van der Waals surface area contributed by atoms with Crippen LogP contribution in [0.15, 0.2) is 71.6 Å². The van der Waals surface area contributed by atoms with Crippen molar-refractivity contribution in [1.29, 1.82) is 0 Å². The van der Waals surface area contributed by atoms with Gasteiger partial charge >= 0.3 is 5.97 Å². The molecule has 148 valence electrons. The summed E-state index contributed by atoms with van der Waals surface area (Å²) in [5.41, 5.74) is 0.124. The van der Waals surface area contributed by atoms with E-state index in [1.54, 1.807) is 18.2 Å². The van der Waals surface area contributed by atoms with E-state index in [-0.39, 0.29) is 30.2 Å². The second-order valence-corrected chi connectivity index (χ2v) is 8.23. The molecule has 0 fully saturated rings. The van der Waals surface area contributed by atoms with Crippen molar-refractivity contribution >= 4 is 32.7 Å². The fourth-order valence-corrected chi connectivity index (χ4v) is 4.69. The highest BCUT2D eigenvalue weighted by Crippen LogP contribution is 2.29. The molecule has 29 heavy (non-hydrogen) atoms. The molecule has 1 aliphatic rings. The highest BCUT2D eigenvalue weighted by molar-refractivity contribution is 7.90. The molecule has 1 heterocycles. The molecule has 0 saturated heterocycles. The standard InChI is InChI=1S/C21H17NO6S/c23-20(14-28-17-10-9-15-5-1-2-6-16(15)13-17)27-12-11-22-21(24)18-7-3-4-8-19(18)29(22,25)26/h1-10,13H,11-12,14H2. The summed E-state index contributed by atoms with van der Waals surface area (Å²) in [6.45, 7) is -0.824. The van der Waals surface area contributed by atoms with E-state index >= 15 is 0 Å². The van der Waals surface area contributed by atoms with E-state index in [9.17, 15) is 18.0 Å². The summed E-state index contributed by atoms with van der Waals surface area (Å²) < 4.78 is 36.0. The zero-order chi connectivity index (χ0) is 20.4. The quantitative estimate of drug-likeness (QED) is 0.579. The maximum absolute atomic E-state index is 12.4. The van der Waals surface area contributed by atoms with Crippen LogP contribution in [-0.2, 0) is 19.6 Å². The molecule has 3 aromatic carbocycles. The number of esters is 1. The molecule has 0 aliphatic carbocycles. The van der Waals surface area contributed by atoms with Gasteiger partial charge in [-0.3, -0.25) is 4.79 Å². The Balaban J connectivity index is 1.31. The lowest BCUT2D eigenvalue weighted by Crippen LogP contribution is -2.34. The topological polar surface area (TPSA) is 90.0 Å². The van der Waals surface area contributed by atoms with Crippen molar-refractivity contribution in [2.75, 3.05) is 19.8 Å². The van der Waals surface area contributed by atoms with Crippen LogP contribution in [0.4, 0.5) is 0 Å². The SMILES string of the molecule is O=C(COc1ccc2ccccc2c1)OCCN1C(=O)c2ccccc2S1(=O)=O. The average molecular weight is 411 g/mol. The third-order valence-electron chi connectivity index (χ3n) is 4.55. The number of carbonyl (C=O) groups is 2. The number of hydrogen-bond donors (Lipinski definition) is 0. The molecule has 1 aliphatic heterocycles. The fraction of sp³-hybridized carbons (Fsp3) is 0.143. The first-order chi connectivity index (χ1) is 14.0. The number of benzene rings is 3. The number of sulfonamides is 1. The first-order valence-corrected chi connectivity index (χ1v) is 10.3. The largest absolute Gasteiger partial charge is 0.482 e. The zero-order valence-corrected chi connectivity index (χ0v) is 16.1. The third kappa shape index (κ3) is 3.66. The Morgan fingerprint density at radius 3 is 2.45 bits per heavy atom. The number of rotatable bonds is 6. The van der Waals surface area contributed by atoms with Gasteiger partial charge < -0.3 is 9.47 Å². The smallest absolute Gasteiger partial charge is 0.344 e. The van der Waals surface area contributed by atoms with Gasteiger partial charge in [0, 0.05) is 0 Å². The Bertz CT molecular complexity index is 1200. The number of hydrogen-bond acceptors (Lipinski definition) is 6. The van der Waals surface area contributed by atoms with Gasteiger partial charge in [0.1, 0.15) is 17.3 Å². The first kappa shape index (κ1) is 18.9. The Kier molecular flexibility index (Phi) is 4.94. The van der Waals surface area contributed by atoms with E-state index in [2.05, 4.69) is 0 Å². The summed E-state index contributed by atoms with van der Waals surface area (Å²) >= 11 is 0. The predicted molar refractivity (Wildman–Crippen MR) is 105 cm³/mol. The monoisotopic (exact) mass is 411 g/mol. The van der Waals surface area contributed by atoms with Crippen molar-refractivity contribution in [2.45, 2.75) is 4.90 Å². The third-order valence-corrected chi connectivity index (χ3v) is 6.39. The van der Waals surface area contributed by atoms with Crippen LogP contribution in [0.1, 0.15) is 10.4 Å². The van der Waals surface area contributed by atoms with E-state index in [1.165, 1.54) is 12.1 Å². The van der Waals surface area contributed by atoms with Crippen LogP contribution >= 0.6 is 0 Å². The van der Waals surface area contributed by atoms with Gasteiger partial charge in [-0.15, -0.1) is 0 Å². The molecule has 0 N–H and O–H groups in total. The fourth-order valence-electron chi connectivity index (χ4n) is 3.14. The Labute approximate surface area is 167 Å². The van der Waals surface area contributed by atoms with Crippen molar-refractivity contribution in [2.24, 2.45) is 0 Å². The van der Waals surface area contributed by atoms with E-state index < -0.39 is 21.9 Å². The van der Waals surface area contributed by atoms with Gasteiger partial charge in [-0.2, -0.15) is 0 Å². The molecule has 4 rings (SSSR count). The maximum atomic E-state index is 12.4. The molecule has 0 bridgehead atoms. The molecular weight excluding hydrogens is 394 g/mol. The molecule has 0 unspecified atom stereocenters. The van der Waals surface area contributed by atoms with Crippen LogP contribution < -0.4 is 4.74 Å². The number of carbonyl (C=O) groups excluding carboxylic acids is 2. The Hall–Kier alpha value is -3.39. The van der Waals surface area contributed by atoms with Crippen LogP contribution in [-0.4, -0.2) is 44.4 Å². The highest BCUT2D eigenvalue weighted by atomic mass is 32.2. The predicted octanol–water partition coefficient (Wildman–Crippen LogP) is 2.61. The van der Waals surface area contributed by atoms with Gasteiger partial charge in [0.2, 0.25) is 0 Å². The van der Waals surface area contributed by atoms with Crippen molar-refractivity contribution in [3.63, 3.8) is 0 Å². The molecule has 0 aromatic heterocycles. The number of ether oxygens (including phenoxy) is 2. The van der Waals surface area contributed by atoms with Crippen molar-refractivity contribution < 1.29 is 27.5 Å². The summed E-state index contributed by atoms with van der Waals surface area (Å²) in [6.07, 6.45) is 0. The molecule has 7 nitrogen and oxygen atoms in total. The Morgan fingerprint density at radius 1 is 0.931 bits per heavy atom. The minimum atomic E-state index is -3.91. The zero-order valence-electron chi connectivity index (χ0n) is 15.3. The van der Waals surface area contributed by atoms with Crippen molar-refractivity contribution in [1.82, 2.24) is 4.31 Å². The molecule has 0 saturated carbocycles. The van der Waals surface area contributed by atoms with Crippen LogP contribution in [0.25, 0.3) is 10.8 Å². The maximum Gasteiger partial charge on any atom is 0.344 e. The van der Waals surface area contributed by atoms with E-state index in [0.717, 1.165) is 15.1 Å². The van der Waals surface area contributed by atoms with Crippen molar-refractivity contribution in [3.8, 4) is 5.75 Å². The highest BCUT2D eigenvalue weighted by Gasteiger charge is 2.40. The summed E-state index contributed by atoms with van der Waals surface area (Å²) in [5, 5.41) is 2.04. The summed E-state index contributed by atoms with van der Waals surface area (Å²) in [6, 6.07) is 19.2. The van der Waals surface area contributed by atoms with Gasteiger partial charge in [0.15, 0.2) is 6.61 Å². The first-order valence-electron chi connectivity index (χ1n) is 8.90. The average Bonchev–Trinajstić information content (AvgIpc) is 2.93. The number of amides is 1. The van der Waals surface area contributed by atoms with Crippen LogP contribution in [0.2, 0.25) is 0 Å². The molecule has 0 spiro atoms. The minimum absolute atomic E-state index is 0.0315. The Morgan fingerprint density at radius 2 is 1.66 bits per heavy atom. The molecule has 0 atom stereocenters. The van der Waals surface area contributed by atoms with Crippen molar-refractivity contribution in [3.05, 3.63) is 72.3 Å². The molecule has 0 radical (unpaired) electrons. The van der Waals surface area contributed by atoms with Gasteiger partial charge in [0.05, 0.1) is 12.1 Å². The molecular formula is C21H17NO6S. The van der Waals surface area contributed by atoms with Crippen LogP contribution in [0.5, 0.6) is 5.75 Å². The number of fused-ring (bicyclic) bond motifs is 2. The molecule has 3 aromatic rings. The minimum Gasteiger partial charge on any atom is -0.482 e. The number of nitrogens with zero attached hydrogens (tertiary/aromatic N) is 1. The van der Waals surface area contributed by atoms with Gasteiger partial charge in [0.25, 0.3) is 15.9 Å². The van der Waals surface area contributed by atoms with Gasteiger partial charge in [-0.1, -0.05) is 42.5 Å². The lowest BCUT2D eigenvalue weighted by molar-refractivity contribution is -0.146. The van der Waals surface area contributed by atoms with Crippen LogP contribution in [0.3, 0.4) is 0 Å².